The van der Waals surface area contributed by atoms with Crippen LogP contribution in [0.4, 0.5) is 0 Å². The van der Waals surface area contributed by atoms with E-state index in [2.05, 4.69) is 4.72 Å². The van der Waals surface area contributed by atoms with Gasteiger partial charge in [0.1, 0.15) is 0 Å². The number of aryl methyl sites for hydroxylation is 1. The highest BCUT2D eigenvalue weighted by Crippen LogP contribution is 2.16. The number of nitrogens with zero attached hydrogens (tertiary/aromatic N) is 1. The van der Waals surface area contributed by atoms with E-state index in [1.165, 1.54) is 0 Å². The predicted molar refractivity (Wildman–Crippen MR) is 75.0 cm³/mol. The zero-order valence-electron chi connectivity index (χ0n) is 11.6. The monoisotopic (exact) mass is 280 g/mol. The number of rotatable bonds is 6. The third-order valence-corrected chi connectivity index (χ3v) is 4.79. The van der Waals surface area contributed by atoms with Crippen molar-refractivity contribution in [3.05, 3.63) is 29.8 Å². The Morgan fingerprint density at radius 1 is 1.32 bits per heavy atom. The standard InChI is InChI=1S/C14H20N2O2S/c1-4-12(3)14(9-10-15)16-19(17,18)13-7-5-11(2)6-8-13/h5-8,12,14,16H,4,9H2,1-3H3. The number of benzene rings is 1. The Kier molecular flexibility index (Phi) is 5.52. The molecular weight excluding hydrogens is 260 g/mol. The first-order chi connectivity index (χ1) is 8.90. The molecule has 0 spiro atoms. The van der Waals surface area contributed by atoms with Gasteiger partial charge < -0.3 is 0 Å². The lowest BCUT2D eigenvalue weighted by molar-refractivity contribution is 0.414. The minimum Gasteiger partial charge on any atom is -0.207 e. The summed E-state index contributed by atoms with van der Waals surface area (Å²) in [6, 6.07) is 8.38. The second-order valence-electron chi connectivity index (χ2n) is 4.79. The molecule has 0 saturated heterocycles. The molecule has 0 amide bonds. The van der Waals surface area contributed by atoms with Gasteiger partial charge in [0, 0.05) is 6.04 Å². The molecule has 0 bridgehead atoms. The van der Waals surface area contributed by atoms with Crippen molar-refractivity contribution >= 4 is 10.0 Å². The minimum absolute atomic E-state index is 0.125. The van der Waals surface area contributed by atoms with Crippen molar-refractivity contribution in [1.82, 2.24) is 4.72 Å². The second-order valence-corrected chi connectivity index (χ2v) is 6.50. The highest BCUT2D eigenvalue weighted by atomic mass is 32.2. The molecule has 0 saturated carbocycles. The molecule has 104 valence electrons. The third kappa shape index (κ3) is 4.34. The van der Waals surface area contributed by atoms with Gasteiger partial charge in [-0.05, 0) is 25.0 Å². The molecule has 2 atom stereocenters. The summed E-state index contributed by atoms with van der Waals surface area (Å²) < 4.78 is 27.1. The Hall–Kier alpha value is -1.38. The lowest BCUT2D eigenvalue weighted by Gasteiger charge is -2.21. The molecule has 2 unspecified atom stereocenters. The normalized spacial score (nSPS) is 14.6. The van der Waals surface area contributed by atoms with Crippen molar-refractivity contribution in [3.8, 4) is 6.07 Å². The number of hydrogen-bond acceptors (Lipinski definition) is 3. The van der Waals surface area contributed by atoms with Gasteiger partial charge in [-0.15, -0.1) is 0 Å². The van der Waals surface area contributed by atoms with Crippen molar-refractivity contribution in [1.29, 1.82) is 5.26 Å². The van der Waals surface area contributed by atoms with Crippen LogP contribution in [-0.4, -0.2) is 14.5 Å². The Bertz CT molecular complexity index is 544. The fourth-order valence-electron chi connectivity index (χ4n) is 1.73. The molecule has 1 aromatic rings. The molecule has 0 fully saturated rings. The Morgan fingerprint density at radius 3 is 2.37 bits per heavy atom. The van der Waals surface area contributed by atoms with Gasteiger partial charge in [-0.1, -0.05) is 38.0 Å². The number of nitriles is 1. The molecule has 0 aromatic heterocycles. The van der Waals surface area contributed by atoms with E-state index < -0.39 is 10.0 Å². The van der Waals surface area contributed by atoms with Crippen LogP contribution in [0.15, 0.2) is 29.2 Å². The highest BCUT2D eigenvalue weighted by Gasteiger charge is 2.23. The molecule has 5 heteroatoms. The van der Waals surface area contributed by atoms with Gasteiger partial charge in [-0.2, -0.15) is 5.26 Å². The Balaban J connectivity index is 2.94. The van der Waals surface area contributed by atoms with E-state index in [-0.39, 0.29) is 23.3 Å². The van der Waals surface area contributed by atoms with E-state index in [1.54, 1.807) is 24.3 Å². The molecule has 1 N–H and O–H groups in total. The van der Waals surface area contributed by atoms with E-state index in [0.717, 1.165) is 12.0 Å². The summed E-state index contributed by atoms with van der Waals surface area (Å²) in [5.41, 5.74) is 1.01. The van der Waals surface area contributed by atoms with Gasteiger partial charge in [-0.25, -0.2) is 13.1 Å². The van der Waals surface area contributed by atoms with Crippen LogP contribution in [0.2, 0.25) is 0 Å². The number of hydrogen-bond donors (Lipinski definition) is 1. The molecule has 0 heterocycles. The van der Waals surface area contributed by atoms with Crippen LogP contribution < -0.4 is 4.72 Å². The van der Waals surface area contributed by atoms with Crippen molar-refractivity contribution < 1.29 is 8.42 Å². The molecule has 0 radical (unpaired) electrons. The Morgan fingerprint density at radius 2 is 1.89 bits per heavy atom. The van der Waals surface area contributed by atoms with Gasteiger partial charge in [0.05, 0.1) is 17.4 Å². The van der Waals surface area contributed by atoms with E-state index in [0.29, 0.717) is 0 Å². The van der Waals surface area contributed by atoms with Crippen LogP contribution in [0, 0.1) is 24.2 Å². The van der Waals surface area contributed by atoms with Crippen LogP contribution in [0.5, 0.6) is 0 Å². The maximum atomic E-state index is 12.2. The zero-order valence-corrected chi connectivity index (χ0v) is 12.4. The van der Waals surface area contributed by atoms with Crippen LogP contribution in [-0.2, 0) is 10.0 Å². The van der Waals surface area contributed by atoms with Crippen molar-refractivity contribution in [2.75, 3.05) is 0 Å². The topological polar surface area (TPSA) is 70.0 Å². The summed E-state index contributed by atoms with van der Waals surface area (Å²) in [4.78, 5) is 0.240. The summed E-state index contributed by atoms with van der Waals surface area (Å²) in [7, 11) is -3.55. The van der Waals surface area contributed by atoms with Crippen LogP contribution in [0.25, 0.3) is 0 Å². The maximum Gasteiger partial charge on any atom is 0.240 e. The van der Waals surface area contributed by atoms with E-state index in [9.17, 15) is 8.42 Å². The predicted octanol–water partition coefficient (Wildman–Crippen LogP) is 2.60. The second kappa shape index (κ2) is 6.69. The van der Waals surface area contributed by atoms with E-state index >= 15 is 0 Å². The van der Waals surface area contributed by atoms with Crippen molar-refractivity contribution in [3.63, 3.8) is 0 Å². The summed E-state index contributed by atoms with van der Waals surface area (Å²) in [6.45, 7) is 5.83. The fourth-order valence-corrected chi connectivity index (χ4v) is 3.07. The largest absolute Gasteiger partial charge is 0.240 e. The SMILES string of the molecule is CCC(C)C(CC#N)NS(=O)(=O)c1ccc(C)cc1. The summed E-state index contributed by atoms with van der Waals surface area (Å²) in [5, 5.41) is 8.80. The molecule has 4 nitrogen and oxygen atoms in total. The van der Waals surface area contributed by atoms with E-state index in [4.69, 9.17) is 5.26 Å². The van der Waals surface area contributed by atoms with Gasteiger partial charge >= 0.3 is 0 Å². The first-order valence-electron chi connectivity index (χ1n) is 6.36. The van der Waals surface area contributed by atoms with Crippen molar-refractivity contribution in [2.24, 2.45) is 5.92 Å². The number of sulfonamides is 1. The van der Waals surface area contributed by atoms with Crippen LogP contribution >= 0.6 is 0 Å². The quantitative estimate of drug-likeness (QED) is 0.870. The zero-order chi connectivity index (χ0) is 14.5. The first-order valence-corrected chi connectivity index (χ1v) is 7.85. The van der Waals surface area contributed by atoms with E-state index in [1.807, 2.05) is 26.8 Å². The first kappa shape index (κ1) is 15.7. The fraction of sp³-hybridized carbons (Fsp3) is 0.500. The average Bonchev–Trinajstić information content (AvgIpc) is 2.37. The average molecular weight is 280 g/mol. The van der Waals surface area contributed by atoms with Crippen LogP contribution in [0.3, 0.4) is 0 Å². The molecule has 19 heavy (non-hydrogen) atoms. The molecule has 1 rings (SSSR count). The Labute approximate surface area is 115 Å². The minimum atomic E-state index is -3.55. The molecule has 1 aromatic carbocycles. The third-order valence-electron chi connectivity index (χ3n) is 3.28. The maximum absolute atomic E-state index is 12.2. The van der Waals surface area contributed by atoms with Gasteiger partial charge in [-0.3, -0.25) is 0 Å². The summed E-state index contributed by atoms with van der Waals surface area (Å²) in [6.07, 6.45) is 1.00. The summed E-state index contributed by atoms with van der Waals surface area (Å²) >= 11 is 0. The molecule has 0 aliphatic carbocycles. The molecule has 0 aliphatic rings. The number of nitrogens with one attached hydrogen (secondary N) is 1. The van der Waals surface area contributed by atoms with Crippen LogP contribution in [0.1, 0.15) is 32.3 Å². The lowest BCUT2D eigenvalue weighted by atomic mass is 9.98. The smallest absolute Gasteiger partial charge is 0.207 e. The lowest BCUT2D eigenvalue weighted by Crippen LogP contribution is -2.39. The van der Waals surface area contributed by atoms with Gasteiger partial charge in [0.15, 0.2) is 0 Å². The van der Waals surface area contributed by atoms with Crippen molar-refractivity contribution in [2.45, 2.75) is 44.6 Å². The van der Waals surface area contributed by atoms with Gasteiger partial charge in [0.25, 0.3) is 0 Å². The molecule has 0 aliphatic heterocycles. The summed E-state index contributed by atoms with van der Waals surface area (Å²) in [5.74, 6) is 0.125. The van der Waals surface area contributed by atoms with Gasteiger partial charge in [0.2, 0.25) is 10.0 Å². The highest BCUT2D eigenvalue weighted by molar-refractivity contribution is 7.89. The molecular formula is C14H20N2O2S.